The van der Waals surface area contributed by atoms with E-state index in [9.17, 15) is 4.39 Å². The van der Waals surface area contributed by atoms with E-state index in [1.807, 2.05) is 6.92 Å². The largest absolute Gasteiger partial charge is 0.330 e. The van der Waals surface area contributed by atoms with Gasteiger partial charge in [-0.1, -0.05) is 19.1 Å². The van der Waals surface area contributed by atoms with Crippen molar-refractivity contribution in [2.45, 2.75) is 12.8 Å². The zero-order chi connectivity index (χ0) is 8.27. The third-order valence-corrected chi connectivity index (χ3v) is 1.79. The molecular weight excluding hydrogens is 177 g/mol. The first-order valence-corrected chi connectivity index (χ1v) is 3.69. The van der Waals surface area contributed by atoms with Crippen LogP contribution in [0.15, 0.2) is 24.3 Å². The maximum Gasteiger partial charge on any atom is 0.123 e. The van der Waals surface area contributed by atoms with Crippen molar-refractivity contribution in [3.63, 3.8) is 0 Å². The molecule has 68 valence electrons. The molecular formula is C9H13ClFN. The Morgan fingerprint density at radius 3 is 2.25 bits per heavy atom. The molecule has 3 heteroatoms. The van der Waals surface area contributed by atoms with E-state index < -0.39 is 0 Å². The van der Waals surface area contributed by atoms with Gasteiger partial charge in [0.25, 0.3) is 0 Å². The third-order valence-electron chi connectivity index (χ3n) is 1.79. The van der Waals surface area contributed by atoms with Crippen LogP contribution < -0.4 is 5.73 Å². The summed E-state index contributed by atoms with van der Waals surface area (Å²) in [5, 5.41) is 0. The first kappa shape index (κ1) is 11.4. The lowest BCUT2D eigenvalue weighted by Crippen LogP contribution is -2.08. The number of rotatable bonds is 2. The van der Waals surface area contributed by atoms with Gasteiger partial charge in [-0.3, -0.25) is 0 Å². The summed E-state index contributed by atoms with van der Waals surface area (Å²) in [6.45, 7) is 2.62. The molecule has 1 aromatic rings. The molecule has 0 aliphatic heterocycles. The van der Waals surface area contributed by atoms with Gasteiger partial charge in [-0.2, -0.15) is 0 Å². The molecule has 12 heavy (non-hydrogen) atoms. The van der Waals surface area contributed by atoms with Gasteiger partial charge in [-0.05, 0) is 30.2 Å². The van der Waals surface area contributed by atoms with Crippen LogP contribution in [-0.4, -0.2) is 6.54 Å². The van der Waals surface area contributed by atoms with Crippen molar-refractivity contribution in [3.8, 4) is 0 Å². The van der Waals surface area contributed by atoms with E-state index in [0.29, 0.717) is 12.5 Å². The van der Waals surface area contributed by atoms with Crippen LogP contribution in [0, 0.1) is 5.82 Å². The minimum atomic E-state index is -0.196. The summed E-state index contributed by atoms with van der Waals surface area (Å²) in [5.41, 5.74) is 6.54. The predicted molar refractivity (Wildman–Crippen MR) is 51.1 cm³/mol. The number of hydrogen-bond acceptors (Lipinski definition) is 1. The highest BCUT2D eigenvalue weighted by molar-refractivity contribution is 5.85. The normalized spacial score (nSPS) is 11.9. The molecule has 0 saturated carbocycles. The molecule has 1 atom stereocenters. The molecule has 0 unspecified atom stereocenters. The summed E-state index contributed by atoms with van der Waals surface area (Å²) in [6, 6.07) is 6.46. The average molecular weight is 190 g/mol. The highest BCUT2D eigenvalue weighted by atomic mass is 35.5. The molecule has 1 rings (SSSR count). The third kappa shape index (κ3) is 2.80. The minimum Gasteiger partial charge on any atom is -0.330 e. The summed E-state index contributed by atoms with van der Waals surface area (Å²) >= 11 is 0. The van der Waals surface area contributed by atoms with Gasteiger partial charge >= 0.3 is 0 Å². The van der Waals surface area contributed by atoms with Crippen LogP contribution in [0.1, 0.15) is 18.4 Å². The predicted octanol–water partition coefficient (Wildman–Crippen LogP) is 2.31. The van der Waals surface area contributed by atoms with Gasteiger partial charge in [0.1, 0.15) is 5.82 Å². The molecule has 0 aliphatic carbocycles. The van der Waals surface area contributed by atoms with Crippen LogP contribution in [0.2, 0.25) is 0 Å². The Kier molecular flexibility index (Phi) is 4.86. The molecule has 0 aromatic heterocycles. The van der Waals surface area contributed by atoms with Crippen molar-refractivity contribution in [2.75, 3.05) is 6.54 Å². The second-order valence-corrected chi connectivity index (χ2v) is 2.69. The Morgan fingerprint density at radius 2 is 1.83 bits per heavy atom. The van der Waals surface area contributed by atoms with Gasteiger partial charge in [-0.25, -0.2) is 4.39 Å². The average Bonchev–Trinajstić information content (AvgIpc) is 2.05. The molecule has 2 N–H and O–H groups in total. The number of halogens is 2. The Balaban J connectivity index is 0.00000121. The standard InChI is InChI=1S/C9H12FN.ClH/c1-7(6-11)8-2-4-9(10)5-3-8;/h2-5,7H,6,11H2,1H3;1H/t7-;/m1./s1. The Labute approximate surface area is 78.2 Å². The zero-order valence-electron chi connectivity index (χ0n) is 6.96. The molecule has 0 aliphatic rings. The summed E-state index contributed by atoms with van der Waals surface area (Å²) < 4.78 is 12.4. The van der Waals surface area contributed by atoms with E-state index in [-0.39, 0.29) is 18.2 Å². The fourth-order valence-electron chi connectivity index (χ4n) is 0.927. The Bertz CT molecular complexity index is 222. The van der Waals surface area contributed by atoms with Crippen LogP contribution in [0.25, 0.3) is 0 Å². The molecule has 0 amide bonds. The quantitative estimate of drug-likeness (QED) is 0.759. The highest BCUT2D eigenvalue weighted by Gasteiger charge is 2.01. The number of nitrogens with two attached hydrogens (primary N) is 1. The summed E-state index contributed by atoms with van der Waals surface area (Å²) in [4.78, 5) is 0. The van der Waals surface area contributed by atoms with Crippen LogP contribution >= 0.6 is 12.4 Å². The highest BCUT2D eigenvalue weighted by Crippen LogP contribution is 2.13. The van der Waals surface area contributed by atoms with Gasteiger partial charge in [0.15, 0.2) is 0 Å². The molecule has 1 nitrogen and oxygen atoms in total. The SMILES string of the molecule is C[C@H](CN)c1ccc(F)cc1.Cl. The van der Waals surface area contributed by atoms with Crippen molar-refractivity contribution in [1.29, 1.82) is 0 Å². The van der Waals surface area contributed by atoms with E-state index in [2.05, 4.69) is 0 Å². The lowest BCUT2D eigenvalue weighted by atomic mass is 10.0. The summed E-state index contributed by atoms with van der Waals surface area (Å²) in [5.74, 6) is 0.119. The van der Waals surface area contributed by atoms with Crippen LogP contribution in [-0.2, 0) is 0 Å². The maximum absolute atomic E-state index is 12.4. The lowest BCUT2D eigenvalue weighted by Gasteiger charge is -2.07. The van der Waals surface area contributed by atoms with Gasteiger partial charge < -0.3 is 5.73 Å². The van der Waals surface area contributed by atoms with Crippen molar-refractivity contribution in [1.82, 2.24) is 0 Å². The van der Waals surface area contributed by atoms with E-state index in [1.54, 1.807) is 12.1 Å². The van der Waals surface area contributed by atoms with Crippen LogP contribution in [0.4, 0.5) is 4.39 Å². The summed E-state index contributed by atoms with van der Waals surface area (Å²) in [7, 11) is 0. The smallest absolute Gasteiger partial charge is 0.123 e. The molecule has 0 spiro atoms. The van der Waals surface area contributed by atoms with Gasteiger partial charge in [0.2, 0.25) is 0 Å². The van der Waals surface area contributed by atoms with Crippen molar-refractivity contribution in [3.05, 3.63) is 35.6 Å². The van der Waals surface area contributed by atoms with Gasteiger partial charge in [0, 0.05) is 0 Å². The van der Waals surface area contributed by atoms with Gasteiger partial charge in [0.05, 0.1) is 0 Å². The Hall–Kier alpha value is -0.600. The zero-order valence-corrected chi connectivity index (χ0v) is 7.77. The molecule has 1 aromatic carbocycles. The number of benzene rings is 1. The van der Waals surface area contributed by atoms with Crippen molar-refractivity contribution < 1.29 is 4.39 Å². The number of hydrogen-bond donors (Lipinski definition) is 1. The van der Waals surface area contributed by atoms with E-state index in [1.165, 1.54) is 12.1 Å². The topological polar surface area (TPSA) is 26.0 Å². The van der Waals surface area contributed by atoms with Crippen LogP contribution in [0.3, 0.4) is 0 Å². The van der Waals surface area contributed by atoms with Gasteiger partial charge in [-0.15, -0.1) is 12.4 Å². The molecule has 0 saturated heterocycles. The van der Waals surface area contributed by atoms with Crippen molar-refractivity contribution in [2.24, 2.45) is 5.73 Å². The maximum atomic E-state index is 12.4. The first-order valence-electron chi connectivity index (χ1n) is 3.69. The minimum absolute atomic E-state index is 0. The monoisotopic (exact) mass is 189 g/mol. The Morgan fingerprint density at radius 1 is 1.33 bits per heavy atom. The van der Waals surface area contributed by atoms with Crippen LogP contribution in [0.5, 0.6) is 0 Å². The lowest BCUT2D eigenvalue weighted by molar-refractivity contribution is 0.625. The molecule has 0 bridgehead atoms. The molecule has 0 heterocycles. The van der Waals surface area contributed by atoms with Crippen molar-refractivity contribution >= 4 is 12.4 Å². The second-order valence-electron chi connectivity index (χ2n) is 2.69. The fourth-order valence-corrected chi connectivity index (χ4v) is 0.927. The second kappa shape index (κ2) is 5.12. The van der Waals surface area contributed by atoms with E-state index in [0.717, 1.165) is 5.56 Å². The van der Waals surface area contributed by atoms with E-state index >= 15 is 0 Å². The molecule has 0 fully saturated rings. The first-order chi connectivity index (χ1) is 5.24. The van der Waals surface area contributed by atoms with E-state index in [4.69, 9.17) is 5.73 Å². The summed E-state index contributed by atoms with van der Waals surface area (Å²) in [6.07, 6.45) is 0. The fraction of sp³-hybridized carbons (Fsp3) is 0.333. The molecule has 0 radical (unpaired) electrons.